The van der Waals surface area contributed by atoms with Gasteiger partial charge in [0.2, 0.25) is 0 Å². The minimum absolute atomic E-state index is 0.474. The van der Waals surface area contributed by atoms with Crippen molar-refractivity contribution in [3.05, 3.63) is 41.6 Å². The van der Waals surface area contributed by atoms with Crippen LogP contribution in [0.15, 0.2) is 46.6 Å². The van der Waals surface area contributed by atoms with Crippen molar-refractivity contribution in [2.75, 3.05) is 5.73 Å². The third-order valence-electron chi connectivity index (χ3n) is 1.68. The zero-order valence-corrected chi connectivity index (χ0v) is 9.29. The zero-order chi connectivity index (χ0) is 10.7. The molecule has 2 aromatic rings. The van der Waals surface area contributed by atoms with Gasteiger partial charge in [0, 0.05) is 16.1 Å². The van der Waals surface area contributed by atoms with E-state index in [1.54, 1.807) is 12.3 Å². The fraction of sp³-hybridized carbons (Fsp3) is 0. The van der Waals surface area contributed by atoms with Crippen LogP contribution in [0.2, 0.25) is 5.02 Å². The van der Waals surface area contributed by atoms with Crippen molar-refractivity contribution in [1.29, 1.82) is 0 Å². The van der Waals surface area contributed by atoms with Gasteiger partial charge in [0.25, 0.3) is 0 Å². The van der Waals surface area contributed by atoms with Gasteiger partial charge in [-0.05, 0) is 42.1 Å². The van der Waals surface area contributed by atoms with Gasteiger partial charge in [-0.3, -0.25) is 0 Å². The van der Waals surface area contributed by atoms with Crippen LogP contribution in [0.25, 0.3) is 0 Å². The van der Waals surface area contributed by atoms with E-state index in [4.69, 9.17) is 17.3 Å². The van der Waals surface area contributed by atoms with Crippen molar-refractivity contribution in [3.63, 3.8) is 0 Å². The predicted octanol–water partition coefficient (Wildman–Crippen LogP) is 2.86. The number of nitrogens with two attached hydrogens (primary N) is 1. The van der Waals surface area contributed by atoms with Crippen molar-refractivity contribution in [3.8, 4) is 0 Å². The quantitative estimate of drug-likeness (QED) is 0.816. The van der Waals surface area contributed by atoms with Crippen molar-refractivity contribution < 1.29 is 0 Å². The molecule has 0 unspecified atom stereocenters. The monoisotopic (exact) mass is 237 g/mol. The molecule has 0 aliphatic carbocycles. The van der Waals surface area contributed by atoms with Crippen molar-refractivity contribution >= 4 is 29.2 Å². The van der Waals surface area contributed by atoms with Crippen LogP contribution >= 0.6 is 23.4 Å². The lowest BCUT2D eigenvalue weighted by Gasteiger charge is -2.00. The van der Waals surface area contributed by atoms with Gasteiger partial charge in [-0.1, -0.05) is 11.6 Å². The maximum absolute atomic E-state index is 5.78. The van der Waals surface area contributed by atoms with E-state index in [-0.39, 0.29) is 0 Å². The molecule has 76 valence electrons. The minimum atomic E-state index is 0.474. The number of benzene rings is 1. The second-order valence-electron chi connectivity index (χ2n) is 2.82. The SMILES string of the molecule is Nc1ccnc(Sc2ccc(Cl)cc2)n1. The molecule has 0 saturated carbocycles. The number of hydrogen-bond donors (Lipinski definition) is 1. The van der Waals surface area contributed by atoms with E-state index in [0.717, 1.165) is 4.90 Å². The molecule has 1 aromatic heterocycles. The molecule has 5 heteroatoms. The summed E-state index contributed by atoms with van der Waals surface area (Å²) in [4.78, 5) is 9.22. The molecule has 0 radical (unpaired) electrons. The van der Waals surface area contributed by atoms with E-state index in [1.165, 1.54) is 11.8 Å². The van der Waals surface area contributed by atoms with Crippen molar-refractivity contribution in [1.82, 2.24) is 9.97 Å². The summed E-state index contributed by atoms with van der Waals surface area (Å²) in [5, 5.41) is 1.35. The van der Waals surface area contributed by atoms with Gasteiger partial charge in [-0.15, -0.1) is 0 Å². The first kappa shape index (κ1) is 10.3. The Balaban J connectivity index is 2.18. The molecule has 1 heterocycles. The minimum Gasteiger partial charge on any atom is -0.384 e. The molecule has 0 amide bonds. The average Bonchev–Trinajstić information content (AvgIpc) is 2.22. The first-order chi connectivity index (χ1) is 7.24. The number of nitrogen functional groups attached to an aromatic ring is 1. The third kappa shape index (κ3) is 2.84. The summed E-state index contributed by atoms with van der Waals surface area (Å²) < 4.78 is 0. The first-order valence-electron chi connectivity index (χ1n) is 4.26. The highest BCUT2D eigenvalue weighted by molar-refractivity contribution is 7.99. The number of nitrogens with zero attached hydrogens (tertiary/aromatic N) is 2. The van der Waals surface area contributed by atoms with E-state index in [9.17, 15) is 0 Å². The lowest BCUT2D eigenvalue weighted by Crippen LogP contribution is -1.92. The summed E-state index contributed by atoms with van der Waals surface area (Å²) in [5.74, 6) is 0.474. The molecule has 0 bridgehead atoms. The Bertz CT molecular complexity index is 458. The van der Waals surface area contributed by atoms with E-state index >= 15 is 0 Å². The standard InChI is InChI=1S/C10H8ClN3S/c11-7-1-3-8(4-2-7)15-10-13-6-5-9(12)14-10/h1-6H,(H2,12,13,14). The number of rotatable bonds is 2. The Labute approximate surface area is 96.7 Å². The molecular weight excluding hydrogens is 230 g/mol. The Morgan fingerprint density at radius 2 is 1.87 bits per heavy atom. The normalized spacial score (nSPS) is 10.2. The molecule has 1 aromatic carbocycles. The van der Waals surface area contributed by atoms with Crippen LogP contribution in [0.4, 0.5) is 5.82 Å². The highest BCUT2D eigenvalue weighted by atomic mass is 35.5. The molecule has 2 N–H and O–H groups in total. The molecule has 0 atom stereocenters. The second kappa shape index (κ2) is 4.51. The van der Waals surface area contributed by atoms with Gasteiger partial charge in [0.15, 0.2) is 5.16 Å². The van der Waals surface area contributed by atoms with Crippen LogP contribution in [-0.2, 0) is 0 Å². The van der Waals surface area contributed by atoms with Gasteiger partial charge in [-0.25, -0.2) is 9.97 Å². The summed E-state index contributed by atoms with van der Waals surface area (Å²) in [6.45, 7) is 0. The van der Waals surface area contributed by atoms with E-state index in [1.807, 2.05) is 24.3 Å². The number of halogens is 1. The maximum atomic E-state index is 5.78. The number of aromatic nitrogens is 2. The molecule has 0 aliphatic rings. The topological polar surface area (TPSA) is 51.8 Å². The lowest BCUT2D eigenvalue weighted by molar-refractivity contribution is 0.976. The molecule has 15 heavy (non-hydrogen) atoms. The summed E-state index contributed by atoms with van der Waals surface area (Å²) in [6, 6.07) is 9.15. The smallest absolute Gasteiger partial charge is 0.194 e. The molecule has 3 nitrogen and oxygen atoms in total. The Kier molecular flexibility index (Phi) is 3.08. The predicted molar refractivity (Wildman–Crippen MR) is 62.0 cm³/mol. The van der Waals surface area contributed by atoms with Crippen LogP contribution in [0.3, 0.4) is 0 Å². The maximum Gasteiger partial charge on any atom is 0.194 e. The molecule has 0 spiro atoms. The first-order valence-corrected chi connectivity index (χ1v) is 5.45. The number of anilines is 1. The van der Waals surface area contributed by atoms with Gasteiger partial charge in [-0.2, -0.15) is 0 Å². The van der Waals surface area contributed by atoms with Crippen molar-refractivity contribution in [2.45, 2.75) is 10.1 Å². The van der Waals surface area contributed by atoms with Gasteiger partial charge < -0.3 is 5.73 Å². The van der Waals surface area contributed by atoms with Gasteiger partial charge >= 0.3 is 0 Å². The van der Waals surface area contributed by atoms with Gasteiger partial charge in [0.1, 0.15) is 5.82 Å². The summed E-state index contributed by atoms with van der Waals surface area (Å²) in [5.41, 5.74) is 5.55. The van der Waals surface area contributed by atoms with Crippen molar-refractivity contribution in [2.24, 2.45) is 0 Å². The molecule has 0 fully saturated rings. The summed E-state index contributed by atoms with van der Waals surface area (Å²) >= 11 is 7.23. The molecular formula is C10H8ClN3S. The second-order valence-corrected chi connectivity index (χ2v) is 4.30. The largest absolute Gasteiger partial charge is 0.384 e. The van der Waals surface area contributed by atoms with Crippen LogP contribution in [0.1, 0.15) is 0 Å². The van der Waals surface area contributed by atoms with Crippen LogP contribution in [0, 0.1) is 0 Å². The van der Waals surface area contributed by atoms with E-state index in [0.29, 0.717) is 16.0 Å². The Morgan fingerprint density at radius 1 is 1.13 bits per heavy atom. The van der Waals surface area contributed by atoms with Crippen LogP contribution in [-0.4, -0.2) is 9.97 Å². The highest BCUT2D eigenvalue weighted by Gasteiger charge is 2.00. The number of hydrogen-bond acceptors (Lipinski definition) is 4. The molecule has 0 aliphatic heterocycles. The molecule has 2 rings (SSSR count). The van der Waals surface area contributed by atoms with Crippen LogP contribution in [0.5, 0.6) is 0 Å². The Hall–Kier alpha value is -1.26. The fourth-order valence-corrected chi connectivity index (χ4v) is 1.88. The van der Waals surface area contributed by atoms with Crippen LogP contribution < -0.4 is 5.73 Å². The summed E-state index contributed by atoms with van der Waals surface area (Å²) in [7, 11) is 0. The van der Waals surface area contributed by atoms with E-state index < -0.39 is 0 Å². The molecule has 0 saturated heterocycles. The third-order valence-corrected chi connectivity index (χ3v) is 2.82. The fourth-order valence-electron chi connectivity index (χ4n) is 1.01. The lowest BCUT2D eigenvalue weighted by atomic mass is 10.4. The van der Waals surface area contributed by atoms with E-state index in [2.05, 4.69) is 9.97 Å². The average molecular weight is 238 g/mol. The summed E-state index contributed by atoms with van der Waals surface area (Å²) in [6.07, 6.45) is 1.64. The zero-order valence-electron chi connectivity index (χ0n) is 7.72. The Morgan fingerprint density at radius 3 is 2.53 bits per heavy atom. The highest BCUT2D eigenvalue weighted by Crippen LogP contribution is 2.25. The van der Waals surface area contributed by atoms with Gasteiger partial charge in [0.05, 0.1) is 0 Å².